The van der Waals surface area contributed by atoms with E-state index >= 15 is 0 Å². The first kappa shape index (κ1) is 13.1. The molecule has 0 saturated carbocycles. The molecular weight excluding hydrogens is 271 g/mol. The van der Waals surface area contributed by atoms with E-state index in [1.807, 2.05) is 0 Å². The molecule has 1 aromatic carbocycles. The lowest BCUT2D eigenvalue weighted by Gasteiger charge is -2.09. The van der Waals surface area contributed by atoms with Crippen LogP contribution in [0, 0.1) is 5.82 Å². The summed E-state index contributed by atoms with van der Waals surface area (Å²) in [6, 6.07) is 12.6. The molecule has 0 saturated heterocycles. The van der Waals surface area contributed by atoms with Crippen molar-refractivity contribution in [1.82, 2.24) is 4.98 Å². The maximum Gasteiger partial charge on any atom is 0.291 e. The van der Waals surface area contributed by atoms with Crippen LogP contribution < -0.4 is 5.32 Å². The molecule has 3 rings (SSSR count). The molecule has 0 fully saturated rings. The van der Waals surface area contributed by atoms with Crippen molar-refractivity contribution in [2.24, 2.45) is 0 Å². The van der Waals surface area contributed by atoms with Crippen LogP contribution in [0.15, 0.2) is 65.4 Å². The zero-order chi connectivity index (χ0) is 14.7. The highest BCUT2D eigenvalue weighted by atomic mass is 19.1. The molecule has 0 unspecified atom stereocenters. The van der Waals surface area contributed by atoms with E-state index in [-0.39, 0.29) is 17.5 Å². The van der Waals surface area contributed by atoms with Crippen molar-refractivity contribution in [2.75, 3.05) is 5.32 Å². The second-order valence-electron chi connectivity index (χ2n) is 4.34. The van der Waals surface area contributed by atoms with E-state index in [0.717, 1.165) is 0 Å². The lowest BCUT2D eigenvalue weighted by atomic mass is 10.1. The van der Waals surface area contributed by atoms with E-state index in [9.17, 15) is 9.18 Å². The molecule has 0 bridgehead atoms. The van der Waals surface area contributed by atoms with Gasteiger partial charge in [0.25, 0.3) is 5.91 Å². The van der Waals surface area contributed by atoms with Crippen LogP contribution in [0.4, 0.5) is 10.1 Å². The van der Waals surface area contributed by atoms with Crippen LogP contribution in [0.25, 0.3) is 11.3 Å². The second-order valence-corrected chi connectivity index (χ2v) is 4.34. The number of pyridine rings is 1. The molecule has 0 atom stereocenters. The largest absolute Gasteiger partial charge is 0.459 e. The van der Waals surface area contributed by atoms with Gasteiger partial charge in [0.2, 0.25) is 0 Å². The topological polar surface area (TPSA) is 55.1 Å². The summed E-state index contributed by atoms with van der Waals surface area (Å²) >= 11 is 0. The smallest absolute Gasteiger partial charge is 0.291 e. The fourth-order valence-corrected chi connectivity index (χ4v) is 1.94. The summed E-state index contributed by atoms with van der Waals surface area (Å²) in [6.45, 7) is 0. The normalized spacial score (nSPS) is 10.3. The summed E-state index contributed by atoms with van der Waals surface area (Å²) in [5.74, 6) is -0.476. The molecule has 0 aliphatic rings. The summed E-state index contributed by atoms with van der Waals surface area (Å²) in [6.07, 6.45) is 3.04. The average Bonchev–Trinajstić information content (AvgIpc) is 3.03. The predicted octanol–water partition coefficient (Wildman–Crippen LogP) is 3.73. The number of aromatic nitrogens is 1. The van der Waals surface area contributed by atoms with Gasteiger partial charge < -0.3 is 9.73 Å². The highest BCUT2D eigenvalue weighted by Gasteiger charge is 2.13. The third-order valence-electron chi connectivity index (χ3n) is 2.92. The molecule has 0 aliphatic carbocycles. The number of hydrogen-bond acceptors (Lipinski definition) is 3. The number of halogens is 1. The van der Waals surface area contributed by atoms with E-state index in [1.54, 1.807) is 42.6 Å². The summed E-state index contributed by atoms with van der Waals surface area (Å²) in [7, 11) is 0. The molecule has 104 valence electrons. The second kappa shape index (κ2) is 5.58. The maximum atomic E-state index is 13.0. The Labute approximate surface area is 120 Å². The van der Waals surface area contributed by atoms with Crippen molar-refractivity contribution in [1.29, 1.82) is 0 Å². The number of carbonyl (C=O) groups is 1. The SMILES string of the molecule is O=C(Nc1cccnc1-c1ccc(F)cc1)c1ccco1. The highest BCUT2D eigenvalue weighted by molar-refractivity contribution is 6.04. The van der Waals surface area contributed by atoms with Gasteiger partial charge in [-0.25, -0.2) is 4.39 Å². The third-order valence-corrected chi connectivity index (χ3v) is 2.92. The van der Waals surface area contributed by atoms with Crippen molar-refractivity contribution >= 4 is 11.6 Å². The number of nitrogens with zero attached hydrogens (tertiary/aromatic N) is 1. The number of furan rings is 1. The van der Waals surface area contributed by atoms with Gasteiger partial charge in [0.05, 0.1) is 17.6 Å². The minimum Gasteiger partial charge on any atom is -0.459 e. The maximum absolute atomic E-state index is 13.0. The highest BCUT2D eigenvalue weighted by Crippen LogP contribution is 2.26. The summed E-state index contributed by atoms with van der Waals surface area (Å²) in [5, 5.41) is 2.74. The van der Waals surface area contributed by atoms with Crippen molar-refractivity contribution in [3.05, 3.63) is 72.6 Å². The Morgan fingerprint density at radius 3 is 2.62 bits per heavy atom. The van der Waals surface area contributed by atoms with Gasteiger partial charge in [0.15, 0.2) is 5.76 Å². The van der Waals surface area contributed by atoms with Crippen molar-refractivity contribution in [3.8, 4) is 11.3 Å². The number of carbonyl (C=O) groups excluding carboxylic acids is 1. The fourth-order valence-electron chi connectivity index (χ4n) is 1.94. The first-order chi connectivity index (χ1) is 10.2. The molecule has 0 spiro atoms. The molecule has 0 radical (unpaired) electrons. The summed E-state index contributed by atoms with van der Waals surface area (Å²) in [5.41, 5.74) is 1.81. The Balaban J connectivity index is 1.93. The lowest BCUT2D eigenvalue weighted by Crippen LogP contribution is -2.12. The molecule has 3 aromatic rings. The zero-order valence-electron chi connectivity index (χ0n) is 10.9. The summed E-state index contributed by atoms with van der Waals surface area (Å²) in [4.78, 5) is 16.3. The number of benzene rings is 1. The Kier molecular flexibility index (Phi) is 3.47. The fraction of sp³-hybridized carbons (Fsp3) is 0. The van der Waals surface area contributed by atoms with Gasteiger partial charge in [-0.1, -0.05) is 0 Å². The molecule has 5 heteroatoms. The molecule has 0 aliphatic heterocycles. The number of anilines is 1. The van der Waals surface area contributed by atoms with Gasteiger partial charge in [-0.15, -0.1) is 0 Å². The standard InChI is InChI=1S/C16H11FN2O2/c17-12-7-5-11(6-8-12)15-13(3-1-9-18-15)19-16(20)14-4-2-10-21-14/h1-10H,(H,19,20). The lowest BCUT2D eigenvalue weighted by molar-refractivity contribution is 0.0996. The summed E-state index contributed by atoms with van der Waals surface area (Å²) < 4.78 is 18.0. The molecule has 1 amide bonds. The van der Waals surface area contributed by atoms with E-state index in [2.05, 4.69) is 10.3 Å². The number of nitrogens with one attached hydrogen (secondary N) is 1. The van der Waals surface area contributed by atoms with Crippen LogP contribution in [0.5, 0.6) is 0 Å². The first-order valence-corrected chi connectivity index (χ1v) is 6.30. The number of rotatable bonds is 3. The van der Waals surface area contributed by atoms with E-state index in [4.69, 9.17) is 4.42 Å². The Morgan fingerprint density at radius 1 is 1.10 bits per heavy atom. The van der Waals surface area contributed by atoms with E-state index < -0.39 is 0 Å². The minimum absolute atomic E-state index is 0.212. The molecule has 2 heterocycles. The van der Waals surface area contributed by atoms with Crippen LogP contribution in [-0.2, 0) is 0 Å². The molecule has 21 heavy (non-hydrogen) atoms. The predicted molar refractivity (Wildman–Crippen MR) is 76.3 cm³/mol. The quantitative estimate of drug-likeness (QED) is 0.796. The van der Waals surface area contributed by atoms with Crippen molar-refractivity contribution in [3.63, 3.8) is 0 Å². The van der Waals surface area contributed by atoms with Gasteiger partial charge in [-0.3, -0.25) is 9.78 Å². The van der Waals surface area contributed by atoms with Crippen LogP contribution in [0.2, 0.25) is 0 Å². The van der Waals surface area contributed by atoms with Gasteiger partial charge in [-0.05, 0) is 48.5 Å². The first-order valence-electron chi connectivity index (χ1n) is 6.30. The van der Waals surface area contributed by atoms with Crippen LogP contribution in [0.1, 0.15) is 10.6 Å². The van der Waals surface area contributed by atoms with Crippen LogP contribution in [-0.4, -0.2) is 10.9 Å². The van der Waals surface area contributed by atoms with Crippen molar-refractivity contribution < 1.29 is 13.6 Å². The Hall–Kier alpha value is -2.95. The zero-order valence-corrected chi connectivity index (χ0v) is 10.9. The minimum atomic E-state index is -0.364. The van der Waals surface area contributed by atoms with Gasteiger partial charge >= 0.3 is 0 Å². The van der Waals surface area contributed by atoms with E-state index in [0.29, 0.717) is 16.9 Å². The number of hydrogen-bond donors (Lipinski definition) is 1. The van der Waals surface area contributed by atoms with E-state index in [1.165, 1.54) is 18.4 Å². The number of amides is 1. The van der Waals surface area contributed by atoms with Crippen LogP contribution >= 0.6 is 0 Å². The van der Waals surface area contributed by atoms with Gasteiger partial charge in [-0.2, -0.15) is 0 Å². The third kappa shape index (κ3) is 2.81. The molecular formula is C16H11FN2O2. The van der Waals surface area contributed by atoms with Gasteiger partial charge in [0, 0.05) is 11.8 Å². The Morgan fingerprint density at radius 2 is 1.90 bits per heavy atom. The molecule has 4 nitrogen and oxygen atoms in total. The van der Waals surface area contributed by atoms with Crippen LogP contribution in [0.3, 0.4) is 0 Å². The van der Waals surface area contributed by atoms with Crippen molar-refractivity contribution in [2.45, 2.75) is 0 Å². The Bertz CT molecular complexity index is 752. The van der Waals surface area contributed by atoms with Gasteiger partial charge in [0.1, 0.15) is 5.82 Å². The molecule has 1 N–H and O–H groups in total. The monoisotopic (exact) mass is 282 g/mol. The molecule has 2 aromatic heterocycles. The average molecular weight is 282 g/mol.